The van der Waals surface area contributed by atoms with Crippen LogP contribution in [0.15, 0.2) is 24.3 Å². The Morgan fingerprint density at radius 3 is 2.70 bits per heavy atom. The van der Waals surface area contributed by atoms with Crippen LogP contribution in [0.1, 0.15) is 12.8 Å². The number of nitrogens with one attached hydrogen (secondary N) is 1. The van der Waals surface area contributed by atoms with Gasteiger partial charge >= 0.3 is 0 Å². The summed E-state index contributed by atoms with van der Waals surface area (Å²) in [6.45, 7) is 0.102. The van der Waals surface area contributed by atoms with Crippen LogP contribution in [0.2, 0.25) is 0 Å². The first-order chi connectivity index (χ1) is 10.9. The molecule has 2 aliphatic rings. The van der Waals surface area contributed by atoms with E-state index >= 15 is 0 Å². The van der Waals surface area contributed by atoms with Crippen molar-refractivity contribution in [3.63, 3.8) is 0 Å². The van der Waals surface area contributed by atoms with Crippen molar-refractivity contribution in [3.8, 4) is 0 Å². The van der Waals surface area contributed by atoms with E-state index in [9.17, 15) is 22.4 Å². The lowest BCUT2D eigenvalue weighted by molar-refractivity contribution is -0.126. The van der Waals surface area contributed by atoms with E-state index in [1.165, 1.54) is 23.1 Å². The van der Waals surface area contributed by atoms with Gasteiger partial charge in [-0.2, -0.15) is 0 Å². The van der Waals surface area contributed by atoms with Crippen molar-refractivity contribution in [2.45, 2.75) is 18.9 Å². The van der Waals surface area contributed by atoms with E-state index in [0.29, 0.717) is 6.42 Å². The molecule has 0 bridgehead atoms. The fraction of sp³-hybridized carbons (Fsp3) is 0.467. The van der Waals surface area contributed by atoms with E-state index in [0.717, 1.165) is 0 Å². The highest BCUT2D eigenvalue weighted by Gasteiger charge is 2.38. The lowest BCUT2D eigenvalue weighted by Crippen LogP contribution is -2.40. The molecule has 124 valence electrons. The van der Waals surface area contributed by atoms with E-state index < -0.39 is 27.6 Å². The minimum absolute atomic E-state index is 0.000360. The van der Waals surface area contributed by atoms with Crippen molar-refractivity contribution >= 4 is 27.3 Å². The average Bonchev–Trinajstić information content (AvgIpc) is 3.02. The third kappa shape index (κ3) is 3.36. The number of hydrogen-bond donors (Lipinski definition) is 1. The van der Waals surface area contributed by atoms with Crippen molar-refractivity contribution in [1.29, 1.82) is 0 Å². The second-order valence-electron chi connectivity index (χ2n) is 5.97. The van der Waals surface area contributed by atoms with E-state index in [-0.39, 0.29) is 42.0 Å². The molecule has 6 nitrogen and oxygen atoms in total. The summed E-state index contributed by atoms with van der Waals surface area (Å²) in [5.41, 5.74) is 0.163. The van der Waals surface area contributed by atoms with Gasteiger partial charge in [-0.3, -0.25) is 9.59 Å². The summed E-state index contributed by atoms with van der Waals surface area (Å²) in [5.74, 6) is -1.75. The lowest BCUT2D eigenvalue weighted by atomic mass is 10.1. The summed E-state index contributed by atoms with van der Waals surface area (Å²) in [6, 6.07) is 5.52. The van der Waals surface area contributed by atoms with Crippen molar-refractivity contribution < 1.29 is 22.4 Å². The smallest absolute Gasteiger partial charge is 0.227 e. The number of rotatable bonds is 3. The van der Waals surface area contributed by atoms with E-state index in [1.807, 2.05) is 0 Å². The number of nitrogens with zero attached hydrogens (tertiary/aromatic N) is 1. The molecular formula is C15H17FN2O4S. The third-order valence-corrected chi connectivity index (χ3v) is 5.99. The second kappa shape index (κ2) is 5.92. The molecule has 2 amide bonds. The van der Waals surface area contributed by atoms with Gasteiger partial charge in [0, 0.05) is 19.0 Å². The normalized spacial score (nSPS) is 26.5. The van der Waals surface area contributed by atoms with Crippen LogP contribution >= 0.6 is 0 Å². The highest BCUT2D eigenvalue weighted by Crippen LogP contribution is 2.27. The summed E-state index contributed by atoms with van der Waals surface area (Å²) in [7, 11) is -3.08. The molecule has 0 aliphatic carbocycles. The molecule has 0 unspecified atom stereocenters. The number of carbonyl (C=O) groups is 2. The number of sulfone groups is 1. The molecule has 3 rings (SSSR count). The number of hydrogen-bond acceptors (Lipinski definition) is 4. The van der Waals surface area contributed by atoms with Crippen molar-refractivity contribution in [1.82, 2.24) is 5.32 Å². The zero-order valence-corrected chi connectivity index (χ0v) is 13.2. The summed E-state index contributed by atoms with van der Waals surface area (Å²) < 4.78 is 36.6. The van der Waals surface area contributed by atoms with Crippen LogP contribution < -0.4 is 10.2 Å². The van der Waals surface area contributed by atoms with Gasteiger partial charge in [0.15, 0.2) is 9.84 Å². The number of halogens is 1. The van der Waals surface area contributed by atoms with Crippen molar-refractivity contribution in [2.75, 3.05) is 23.0 Å². The van der Waals surface area contributed by atoms with Gasteiger partial charge in [0.2, 0.25) is 11.8 Å². The summed E-state index contributed by atoms with van der Waals surface area (Å²) in [4.78, 5) is 25.6. The van der Waals surface area contributed by atoms with Crippen LogP contribution in [-0.2, 0) is 19.4 Å². The number of para-hydroxylation sites is 1. The molecule has 0 saturated carbocycles. The largest absolute Gasteiger partial charge is 0.352 e. The molecule has 0 spiro atoms. The molecule has 0 aromatic heterocycles. The van der Waals surface area contributed by atoms with Gasteiger partial charge in [-0.15, -0.1) is 0 Å². The molecule has 2 aliphatic heterocycles. The average molecular weight is 340 g/mol. The minimum Gasteiger partial charge on any atom is -0.352 e. The molecule has 0 radical (unpaired) electrons. The van der Waals surface area contributed by atoms with Gasteiger partial charge in [-0.25, -0.2) is 12.8 Å². The Kier molecular flexibility index (Phi) is 4.09. The monoisotopic (exact) mass is 340 g/mol. The van der Waals surface area contributed by atoms with Crippen LogP contribution in [0.25, 0.3) is 0 Å². The maximum Gasteiger partial charge on any atom is 0.227 e. The van der Waals surface area contributed by atoms with Crippen LogP contribution in [0.3, 0.4) is 0 Å². The number of benzene rings is 1. The fourth-order valence-corrected chi connectivity index (χ4v) is 4.69. The number of amides is 2. The van der Waals surface area contributed by atoms with Gasteiger partial charge in [-0.05, 0) is 18.6 Å². The van der Waals surface area contributed by atoms with Crippen molar-refractivity contribution in [2.24, 2.45) is 5.92 Å². The van der Waals surface area contributed by atoms with Crippen LogP contribution in [-0.4, -0.2) is 44.3 Å². The van der Waals surface area contributed by atoms with Gasteiger partial charge in [0.25, 0.3) is 0 Å². The predicted molar refractivity (Wildman–Crippen MR) is 82.1 cm³/mol. The molecule has 2 fully saturated rings. The molecule has 8 heteroatoms. The van der Waals surface area contributed by atoms with E-state index in [1.54, 1.807) is 6.07 Å². The van der Waals surface area contributed by atoms with Gasteiger partial charge in [0.05, 0.1) is 23.1 Å². The molecule has 23 heavy (non-hydrogen) atoms. The molecule has 2 heterocycles. The summed E-state index contributed by atoms with van der Waals surface area (Å²) >= 11 is 0. The predicted octanol–water partition coefficient (Wildman–Crippen LogP) is 0.482. The zero-order valence-electron chi connectivity index (χ0n) is 12.4. The van der Waals surface area contributed by atoms with Crippen LogP contribution in [0.5, 0.6) is 0 Å². The lowest BCUT2D eigenvalue weighted by Gasteiger charge is -2.18. The quantitative estimate of drug-likeness (QED) is 0.868. The van der Waals surface area contributed by atoms with Crippen LogP contribution in [0, 0.1) is 11.7 Å². The summed E-state index contributed by atoms with van der Waals surface area (Å²) in [5, 5.41) is 2.69. The first-order valence-electron chi connectivity index (χ1n) is 7.41. The highest BCUT2D eigenvalue weighted by atomic mass is 32.2. The third-order valence-electron chi connectivity index (χ3n) is 4.22. The Bertz CT molecular complexity index is 750. The first-order valence-corrected chi connectivity index (χ1v) is 9.23. The van der Waals surface area contributed by atoms with E-state index in [4.69, 9.17) is 0 Å². The van der Waals surface area contributed by atoms with Gasteiger partial charge in [0.1, 0.15) is 5.82 Å². The standard InChI is InChI=1S/C15H17FN2O4S/c16-12-3-1-2-4-13(12)18-8-10(7-14(18)19)15(20)17-11-5-6-23(21,22)9-11/h1-4,10-11H,5-9H2,(H,17,20)/t10-,11+/m1/s1. The Balaban J connectivity index is 1.66. The molecule has 1 aromatic rings. The maximum atomic E-state index is 13.8. The fourth-order valence-electron chi connectivity index (χ4n) is 3.01. The Morgan fingerprint density at radius 1 is 1.30 bits per heavy atom. The molecule has 2 saturated heterocycles. The number of carbonyl (C=O) groups excluding carboxylic acids is 2. The molecule has 1 N–H and O–H groups in total. The van der Waals surface area contributed by atoms with E-state index in [2.05, 4.69) is 5.32 Å². The molecule has 2 atom stereocenters. The Labute approximate surface area is 133 Å². The zero-order chi connectivity index (χ0) is 16.6. The Morgan fingerprint density at radius 2 is 2.04 bits per heavy atom. The van der Waals surface area contributed by atoms with Gasteiger partial charge in [-0.1, -0.05) is 12.1 Å². The van der Waals surface area contributed by atoms with Crippen LogP contribution in [0.4, 0.5) is 10.1 Å². The molecule has 1 aromatic carbocycles. The van der Waals surface area contributed by atoms with Gasteiger partial charge < -0.3 is 10.2 Å². The van der Waals surface area contributed by atoms with Crippen molar-refractivity contribution in [3.05, 3.63) is 30.1 Å². The number of anilines is 1. The topological polar surface area (TPSA) is 83.5 Å². The second-order valence-corrected chi connectivity index (χ2v) is 8.19. The summed E-state index contributed by atoms with van der Waals surface area (Å²) in [6.07, 6.45) is 0.394. The first kappa shape index (κ1) is 15.9. The SMILES string of the molecule is O=C(N[C@H]1CCS(=O)(=O)C1)[C@@H]1CC(=O)N(c2ccccc2F)C1. The molecular weight excluding hydrogens is 323 g/mol. The highest BCUT2D eigenvalue weighted by molar-refractivity contribution is 7.91. The minimum atomic E-state index is -3.08. The Hall–Kier alpha value is -1.96. The maximum absolute atomic E-state index is 13.8.